The molecule has 0 aliphatic heterocycles. The molecule has 0 saturated heterocycles. The summed E-state index contributed by atoms with van der Waals surface area (Å²) in [7, 11) is 0. The van der Waals surface area contributed by atoms with Crippen molar-refractivity contribution in [2.75, 3.05) is 5.73 Å². The third-order valence-electron chi connectivity index (χ3n) is 2.90. The molecule has 2 heterocycles. The molecule has 2 aromatic heterocycles. The average Bonchev–Trinajstić information content (AvgIpc) is 3.08. The van der Waals surface area contributed by atoms with Gasteiger partial charge in [0.2, 0.25) is 5.76 Å². The Kier molecular flexibility index (Phi) is 3.52. The van der Waals surface area contributed by atoms with Gasteiger partial charge in [-0.15, -0.1) is 11.8 Å². The predicted octanol–water partition coefficient (Wildman–Crippen LogP) is 4.12. The predicted molar refractivity (Wildman–Crippen MR) is 79.4 cm³/mol. The molecule has 2 N–H and O–H groups in total. The van der Waals surface area contributed by atoms with Crippen LogP contribution in [0.25, 0.3) is 11.5 Å². The van der Waals surface area contributed by atoms with Gasteiger partial charge in [-0.05, 0) is 42.8 Å². The van der Waals surface area contributed by atoms with E-state index in [4.69, 9.17) is 14.7 Å². The molecule has 0 radical (unpaired) electrons. The molecular formula is C15H14N2O2S. The van der Waals surface area contributed by atoms with Crippen LogP contribution in [-0.2, 0) is 5.75 Å². The van der Waals surface area contributed by atoms with Crippen molar-refractivity contribution in [3.8, 4) is 11.5 Å². The normalized spacial score (nSPS) is 10.8. The third-order valence-corrected chi connectivity index (χ3v) is 4.11. The van der Waals surface area contributed by atoms with Gasteiger partial charge in [0.1, 0.15) is 0 Å². The monoisotopic (exact) mass is 286 g/mol. The van der Waals surface area contributed by atoms with Crippen molar-refractivity contribution in [3.05, 3.63) is 53.9 Å². The number of hydrogen-bond acceptors (Lipinski definition) is 5. The van der Waals surface area contributed by atoms with Crippen molar-refractivity contribution < 1.29 is 8.94 Å². The van der Waals surface area contributed by atoms with E-state index in [1.807, 2.05) is 36.4 Å². The van der Waals surface area contributed by atoms with Crippen LogP contribution in [0.3, 0.4) is 0 Å². The van der Waals surface area contributed by atoms with Crippen molar-refractivity contribution in [1.82, 2.24) is 5.16 Å². The van der Waals surface area contributed by atoms with Crippen LogP contribution < -0.4 is 5.73 Å². The average molecular weight is 286 g/mol. The van der Waals surface area contributed by atoms with E-state index in [0.717, 1.165) is 17.1 Å². The lowest BCUT2D eigenvalue weighted by Gasteiger charge is -2.04. The van der Waals surface area contributed by atoms with Gasteiger partial charge in [0.25, 0.3) is 0 Å². The highest BCUT2D eigenvalue weighted by Gasteiger charge is 2.09. The minimum atomic E-state index is 0.652. The van der Waals surface area contributed by atoms with Crippen LogP contribution in [0.4, 0.5) is 5.69 Å². The van der Waals surface area contributed by atoms with Gasteiger partial charge < -0.3 is 14.7 Å². The smallest absolute Gasteiger partial charge is 0.202 e. The van der Waals surface area contributed by atoms with Crippen LogP contribution in [0.5, 0.6) is 0 Å². The Balaban J connectivity index is 1.70. The van der Waals surface area contributed by atoms with Crippen LogP contribution >= 0.6 is 11.8 Å². The Morgan fingerprint density at radius 1 is 1.20 bits per heavy atom. The molecule has 3 aromatic rings. The molecule has 20 heavy (non-hydrogen) atoms. The first-order valence-corrected chi connectivity index (χ1v) is 7.19. The minimum absolute atomic E-state index is 0.652. The molecule has 0 amide bonds. The second-order valence-corrected chi connectivity index (χ2v) is 5.49. The maximum absolute atomic E-state index is 5.75. The van der Waals surface area contributed by atoms with Crippen LogP contribution in [0.15, 0.2) is 56.5 Å². The highest BCUT2D eigenvalue weighted by molar-refractivity contribution is 7.98. The first-order chi connectivity index (χ1) is 9.72. The number of furan rings is 1. The molecule has 0 atom stereocenters. The van der Waals surface area contributed by atoms with Gasteiger partial charge in [0.05, 0.1) is 12.0 Å². The summed E-state index contributed by atoms with van der Waals surface area (Å²) < 4.78 is 10.5. The summed E-state index contributed by atoms with van der Waals surface area (Å²) in [6.45, 7) is 2.05. The summed E-state index contributed by atoms with van der Waals surface area (Å²) in [5.41, 5.74) is 8.59. The lowest BCUT2D eigenvalue weighted by molar-refractivity contribution is 0.413. The molecule has 5 heteroatoms. The summed E-state index contributed by atoms with van der Waals surface area (Å²) in [6, 6.07) is 11.5. The maximum atomic E-state index is 5.75. The van der Waals surface area contributed by atoms with Gasteiger partial charge in [0.15, 0.2) is 5.76 Å². The van der Waals surface area contributed by atoms with Crippen LogP contribution in [0, 0.1) is 6.92 Å². The largest absolute Gasteiger partial charge is 0.461 e. The fourth-order valence-corrected chi connectivity index (χ4v) is 2.79. The SMILES string of the molecule is Cc1cc(N)ccc1SCc1cc(-c2ccco2)on1. The Morgan fingerprint density at radius 3 is 2.85 bits per heavy atom. The summed E-state index contributed by atoms with van der Waals surface area (Å²) >= 11 is 1.71. The van der Waals surface area contributed by atoms with Crippen LogP contribution in [0.2, 0.25) is 0 Å². The first-order valence-electron chi connectivity index (χ1n) is 6.21. The zero-order valence-electron chi connectivity index (χ0n) is 11.0. The number of nitrogen functional groups attached to an aromatic ring is 1. The van der Waals surface area contributed by atoms with Gasteiger partial charge in [-0.25, -0.2) is 0 Å². The number of aryl methyl sites for hydroxylation is 1. The fourth-order valence-electron chi connectivity index (χ4n) is 1.90. The molecule has 0 bridgehead atoms. The molecule has 3 rings (SSSR count). The molecule has 0 aliphatic rings. The van der Waals surface area contributed by atoms with E-state index in [2.05, 4.69) is 12.1 Å². The number of thioether (sulfide) groups is 1. The second-order valence-electron chi connectivity index (χ2n) is 4.47. The molecule has 0 spiro atoms. The van der Waals surface area contributed by atoms with Crippen molar-refractivity contribution in [3.63, 3.8) is 0 Å². The van der Waals surface area contributed by atoms with Crippen LogP contribution in [-0.4, -0.2) is 5.16 Å². The number of benzene rings is 1. The molecular weight excluding hydrogens is 272 g/mol. The standard InChI is InChI=1S/C15H14N2O2S/c1-10-7-11(16)4-5-15(10)20-9-12-8-14(19-17-12)13-3-2-6-18-13/h2-8H,9,16H2,1H3. The highest BCUT2D eigenvalue weighted by Crippen LogP contribution is 2.28. The van der Waals surface area contributed by atoms with E-state index < -0.39 is 0 Å². The molecule has 0 unspecified atom stereocenters. The summed E-state index contributed by atoms with van der Waals surface area (Å²) in [5.74, 6) is 2.09. The van der Waals surface area contributed by atoms with E-state index in [1.54, 1.807) is 18.0 Å². The number of aromatic nitrogens is 1. The second kappa shape index (κ2) is 5.46. The van der Waals surface area contributed by atoms with E-state index >= 15 is 0 Å². The van der Waals surface area contributed by atoms with Crippen molar-refractivity contribution in [1.29, 1.82) is 0 Å². The fraction of sp³-hybridized carbons (Fsp3) is 0.133. The van der Waals surface area contributed by atoms with E-state index in [9.17, 15) is 0 Å². The molecule has 1 aromatic carbocycles. The molecule has 0 fully saturated rings. The summed E-state index contributed by atoms with van der Waals surface area (Å²) in [5, 5.41) is 4.05. The molecule has 0 saturated carbocycles. The Hall–Kier alpha value is -2.14. The van der Waals surface area contributed by atoms with Crippen LogP contribution in [0.1, 0.15) is 11.3 Å². The van der Waals surface area contributed by atoms with Gasteiger partial charge in [-0.3, -0.25) is 0 Å². The zero-order chi connectivity index (χ0) is 13.9. The summed E-state index contributed by atoms with van der Waals surface area (Å²) in [6.07, 6.45) is 1.62. The van der Waals surface area contributed by atoms with E-state index in [-0.39, 0.29) is 0 Å². The van der Waals surface area contributed by atoms with Gasteiger partial charge in [0, 0.05) is 22.4 Å². The van der Waals surface area contributed by atoms with E-state index in [0.29, 0.717) is 11.5 Å². The topological polar surface area (TPSA) is 65.2 Å². The lowest BCUT2D eigenvalue weighted by atomic mass is 10.2. The number of nitrogens with two attached hydrogens (primary N) is 1. The minimum Gasteiger partial charge on any atom is -0.461 e. The zero-order valence-corrected chi connectivity index (χ0v) is 11.8. The number of hydrogen-bond donors (Lipinski definition) is 1. The van der Waals surface area contributed by atoms with Gasteiger partial charge in [-0.1, -0.05) is 5.16 Å². The Morgan fingerprint density at radius 2 is 2.10 bits per heavy atom. The number of anilines is 1. The quantitative estimate of drug-likeness (QED) is 0.577. The first kappa shape index (κ1) is 12.9. The molecule has 4 nitrogen and oxygen atoms in total. The Bertz CT molecular complexity index is 704. The number of rotatable bonds is 4. The third kappa shape index (κ3) is 2.72. The lowest BCUT2D eigenvalue weighted by Crippen LogP contribution is -1.88. The van der Waals surface area contributed by atoms with Gasteiger partial charge in [-0.2, -0.15) is 0 Å². The van der Waals surface area contributed by atoms with Crippen molar-refractivity contribution in [2.24, 2.45) is 0 Å². The molecule has 0 aliphatic carbocycles. The maximum Gasteiger partial charge on any atom is 0.202 e. The summed E-state index contributed by atoms with van der Waals surface area (Å²) in [4.78, 5) is 1.20. The molecule has 102 valence electrons. The Labute approximate surface area is 120 Å². The van der Waals surface area contributed by atoms with E-state index in [1.165, 1.54) is 10.5 Å². The van der Waals surface area contributed by atoms with Crippen molar-refractivity contribution >= 4 is 17.4 Å². The number of nitrogens with zero attached hydrogens (tertiary/aromatic N) is 1. The van der Waals surface area contributed by atoms with Crippen molar-refractivity contribution in [2.45, 2.75) is 17.6 Å². The highest BCUT2D eigenvalue weighted by atomic mass is 32.2. The van der Waals surface area contributed by atoms with Gasteiger partial charge >= 0.3 is 0 Å².